The highest BCUT2D eigenvalue weighted by atomic mass is 32.2. The Bertz CT molecular complexity index is 460. The van der Waals surface area contributed by atoms with Crippen LogP contribution in [0.5, 0.6) is 0 Å². The molecule has 2 unspecified atom stereocenters. The molecule has 1 spiro atoms. The fourth-order valence-electron chi connectivity index (χ4n) is 3.14. The summed E-state index contributed by atoms with van der Waals surface area (Å²) in [5, 5.41) is 4.04. The lowest BCUT2D eigenvalue weighted by Gasteiger charge is -2.36. The molecule has 0 saturated carbocycles. The molecule has 0 aliphatic carbocycles. The SMILES string of the molecule is CCNCc1cccc(SC2CCOC3(CCOC3)C2)c1. The Balaban J connectivity index is 1.60. The third-order valence-electron chi connectivity index (χ3n) is 4.30. The highest BCUT2D eigenvalue weighted by molar-refractivity contribution is 8.00. The van der Waals surface area contributed by atoms with E-state index in [9.17, 15) is 0 Å². The van der Waals surface area contributed by atoms with E-state index in [1.54, 1.807) is 0 Å². The molecular weight excluding hydrogens is 282 g/mol. The molecule has 1 N–H and O–H groups in total. The first-order valence-electron chi connectivity index (χ1n) is 7.98. The first-order chi connectivity index (χ1) is 10.3. The molecule has 1 aromatic carbocycles. The maximum atomic E-state index is 6.02. The van der Waals surface area contributed by atoms with Crippen LogP contribution >= 0.6 is 11.8 Å². The summed E-state index contributed by atoms with van der Waals surface area (Å²) in [6.45, 7) is 6.62. The predicted molar refractivity (Wildman–Crippen MR) is 86.8 cm³/mol. The summed E-state index contributed by atoms with van der Waals surface area (Å²) in [6, 6.07) is 8.92. The minimum atomic E-state index is 0.0112. The Hall–Kier alpha value is -0.550. The molecule has 3 nitrogen and oxygen atoms in total. The summed E-state index contributed by atoms with van der Waals surface area (Å²) in [6.07, 6.45) is 3.32. The molecule has 0 radical (unpaired) electrons. The molecule has 2 aliphatic rings. The number of hydrogen-bond donors (Lipinski definition) is 1. The maximum absolute atomic E-state index is 6.02. The van der Waals surface area contributed by atoms with Crippen LogP contribution in [-0.4, -0.2) is 37.2 Å². The monoisotopic (exact) mass is 307 g/mol. The normalized spacial score (nSPS) is 29.1. The fraction of sp³-hybridized carbons (Fsp3) is 0.647. The Labute approximate surface area is 131 Å². The van der Waals surface area contributed by atoms with Crippen LogP contribution in [0.3, 0.4) is 0 Å². The molecule has 2 aliphatic heterocycles. The zero-order valence-electron chi connectivity index (χ0n) is 12.8. The quantitative estimate of drug-likeness (QED) is 0.905. The van der Waals surface area contributed by atoms with E-state index < -0.39 is 0 Å². The van der Waals surface area contributed by atoms with Gasteiger partial charge in [0.05, 0.1) is 12.2 Å². The van der Waals surface area contributed by atoms with E-state index in [1.165, 1.54) is 10.5 Å². The number of ether oxygens (including phenoxy) is 2. The van der Waals surface area contributed by atoms with Crippen molar-refractivity contribution in [1.29, 1.82) is 0 Å². The van der Waals surface area contributed by atoms with Crippen molar-refractivity contribution in [3.63, 3.8) is 0 Å². The molecule has 116 valence electrons. The van der Waals surface area contributed by atoms with Crippen molar-refractivity contribution in [2.24, 2.45) is 0 Å². The molecule has 0 aromatic heterocycles. The topological polar surface area (TPSA) is 30.5 Å². The van der Waals surface area contributed by atoms with E-state index in [0.717, 1.165) is 52.2 Å². The second-order valence-electron chi connectivity index (χ2n) is 5.99. The van der Waals surface area contributed by atoms with Crippen molar-refractivity contribution in [3.8, 4) is 0 Å². The summed E-state index contributed by atoms with van der Waals surface area (Å²) in [5.41, 5.74) is 1.38. The van der Waals surface area contributed by atoms with Gasteiger partial charge in [-0.1, -0.05) is 19.1 Å². The second-order valence-corrected chi connectivity index (χ2v) is 7.37. The lowest BCUT2D eigenvalue weighted by Crippen LogP contribution is -2.41. The van der Waals surface area contributed by atoms with Gasteiger partial charge in [-0.25, -0.2) is 0 Å². The van der Waals surface area contributed by atoms with E-state index in [0.29, 0.717) is 5.25 Å². The molecule has 2 heterocycles. The van der Waals surface area contributed by atoms with Gasteiger partial charge in [-0.3, -0.25) is 0 Å². The summed E-state index contributed by atoms with van der Waals surface area (Å²) in [4.78, 5) is 1.38. The highest BCUT2D eigenvalue weighted by Gasteiger charge is 2.41. The molecular formula is C17H25NO2S. The Morgan fingerprint density at radius 2 is 2.33 bits per heavy atom. The molecule has 2 atom stereocenters. The summed E-state index contributed by atoms with van der Waals surface area (Å²) in [7, 11) is 0. The predicted octanol–water partition coefficient (Wildman–Crippen LogP) is 3.23. The van der Waals surface area contributed by atoms with Crippen molar-refractivity contribution in [1.82, 2.24) is 5.32 Å². The minimum Gasteiger partial charge on any atom is -0.378 e. The molecule has 2 saturated heterocycles. The Morgan fingerprint density at radius 1 is 1.38 bits per heavy atom. The zero-order valence-corrected chi connectivity index (χ0v) is 13.6. The van der Waals surface area contributed by atoms with Gasteiger partial charge >= 0.3 is 0 Å². The average Bonchev–Trinajstić information content (AvgIpc) is 2.93. The van der Waals surface area contributed by atoms with Crippen LogP contribution in [0.15, 0.2) is 29.2 Å². The first-order valence-corrected chi connectivity index (χ1v) is 8.86. The standard InChI is InChI=1S/C17H25NO2S/c1-2-18-12-14-4-3-5-15(10-14)21-16-6-8-20-17(11-16)7-9-19-13-17/h3-5,10,16,18H,2,6-9,11-13H2,1H3. The molecule has 21 heavy (non-hydrogen) atoms. The summed E-state index contributed by atoms with van der Waals surface area (Å²) < 4.78 is 11.6. The smallest absolute Gasteiger partial charge is 0.0947 e. The first kappa shape index (κ1) is 15.3. The number of rotatable bonds is 5. The lowest BCUT2D eigenvalue weighted by molar-refractivity contribution is -0.0769. The lowest BCUT2D eigenvalue weighted by atomic mass is 9.93. The van der Waals surface area contributed by atoms with Gasteiger partial charge in [0.15, 0.2) is 0 Å². The van der Waals surface area contributed by atoms with Crippen molar-refractivity contribution < 1.29 is 9.47 Å². The fourth-order valence-corrected chi connectivity index (χ4v) is 4.50. The van der Waals surface area contributed by atoms with Gasteiger partial charge in [-0.2, -0.15) is 0 Å². The molecule has 0 bridgehead atoms. The van der Waals surface area contributed by atoms with Gasteiger partial charge in [-0.15, -0.1) is 11.8 Å². The van der Waals surface area contributed by atoms with Gasteiger partial charge in [-0.05, 0) is 37.1 Å². The van der Waals surface area contributed by atoms with Crippen LogP contribution < -0.4 is 5.32 Å². The van der Waals surface area contributed by atoms with E-state index in [4.69, 9.17) is 9.47 Å². The van der Waals surface area contributed by atoms with Gasteiger partial charge < -0.3 is 14.8 Å². The number of benzene rings is 1. The van der Waals surface area contributed by atoms with E-state index >= 15 is 0 Å². The largest absolute Gasteiger partial charge is 0.378 e. The second kappa shape index (κ2) is 7.14. The van der Waals surface area contributed by atoms with Crippen LogP contribution in [-0.2, 0) is 16.0 Å². The van der Waals surface area contributed by atoms with E-state index in [-0.39, 0.29) is 5.60 Å². The molecule has 3 rings (SSSR count). The number of hydrogen-bond acceptors (Lipinski definition) is 4. The van der Waals surface area contributed by atoms with Gasteiger partial charge in [0.25, 0.3) is 0 Å². The van der Waals surface area contributed by atoms with Crippen LogP contribution in [0, 0.1) is 0 Å². The Morgan fingerprint density at radius 3 is 3.14 bits per heavy atom. The van der Waals surface area contributed by atoms with Crippen molar-refractivity contribution in [2.45, 2.75) is 48.5 Å². The summed E-state index contributed by atoms with van der Waals surface area (Å²) in [5.74, 6) is 0. The number of nitrogens with one attached hydrogen (secondary N) is 1. The highest BCUT2D eigenvalue weighted by Crippen LogP contribution is 2.40. The average molecular weight is 307 g/mol. The molecule has 2 fully saturated rings. The molecule has 0 amide bonds. The van der Waals surface area contributed by atoms with E-state index in [2.05, 4.69) is 36.5 Å². The van der Waals surface area contributed by atoms with Gasteiger partial charge in [0.2, 0.25) is 0 Å². The summed E-state index contributed by atoms with van der Waals surface area (Å²) >= 11 is 2.01. The zero-order chi connectivity index (χ0) is 14.5. The molecule has 1 aromatic rings. The Kier molecular flexibility index (Phi) is 5.22. The van der Waals surface area contributed by atoms with Gasteiger partial charge in [0.1, 0.15) is 0 Å². The van der Waals surface area contributed by atoms with Crippen LogP contribution in [0.25, 0.3) is 0 Å². The van der Waals surface area contributed by atoms with Crippen LogP contribution in [0.4, 0.5) is 0 Å². The third-order valence-corrected chi connectivity index (χ3v) is 5.56. The molecule has 4 heteroatoms. The number of thioether (sulfide) groups is 1. The van der Waals surface area contributed by atoms with E-state index in [1.807, 2.05) is 11.8 Å². The van der Waals surface area contributed by atoms with Crippen molar-refractivity contribution >= 4 is 11.8 Å². The van der Waals surface area contributed by atoms with Crippen molar-refractivity contribution in [2.75, 3.05) is 26.4 Å². The maximum Gasteiger partial charge on any atom is 0.0947 e. The third kappa shape index (κ3) is 4.01. The van der Waals surface area contributed by atoms with Crippen LogP contribution in [0.2, 0.25) is 0 Å². The van der Waals surface area contributed by atoms with Gasteiger partial charge in [0, 0.05) is 36.3 Å². The minimum absolute atomic E-state index is 0.0112. The van der Waals surface area contributed by atoms with Crippen LogP contribution in [0.1, 0.15) is 31.7 Å². The van der Waals surface area contributed by atoms with Crippen molar-refractivity contribution in [3.05, 3.63) is 29.8 Å².